The number of rotatable bonds is 6. The van der Waals surface area contributed by atoms with Gasteiger partial charge in [-0.25, -0.2) is 0 Å². The fourth-order valence-corrected chi connectivity index (χ4v) is 2.75. The normalized spacial score (nSPS) is 12.2. The van der Waals surface area contributed by atoms with E-state index in [-0.39, 0.29) is 6.04 Å². The van der Waals surface area contributed by atoms with Gasteiger partial charge >= 0.3 is 0 Å². The smallest absolute Gasteiger partial charge is 0.137 e. The predicted molar refractivity (Wildman–Crippen MR) is 91.6 cm³/mol. The van der Waals surface area contributed by atoms with Crippen LogP contribution in [0.3, 0.4) is 0 Å². The molecule has 2 nitrogen and oxygen atoms in total. The standard InChI is InChI=1S/C18H22BrNO/c1-3-16(20)11-14-9-6-10-17(19)18(14)21-12-15-8-5-4-7-13(15)2/h4-10,16H,3,11-12,20H2,1-2H3. The van der Waals surface area contributed by atoms with Gasteiger partial charge in [0.05, 0.1) is 4.47 Å². The summed E-state index contributed by atoms with van der Waals surface area (Å²) in [5.41, 5.74) is 9.70. The van der Waals surface area contributed by atoms with Crippen LogP contribution >= 0.6 is 15.9 Å². The van der Waals surface area contributed by atoms with E-state index in [2.05, 4.69) is 48.0 Å². The molecule has 21 heavy (non-hydrogen) atoms. The van der Waals surface area contributed by atoms with Crippen molar-refractivity contribution < 1.29 is 4.74 Å². The molecule has 0 bridgehead atoms. The summed E-state index contributed by atoms with van der Waals surface area (Å²) in [5, 5.41) is 0. The van der Waals surface area contributed by atoms with Crippen LogP contribution in [0.2, 0.25) is 0 Å². The van der Waals surface area contributed by atoms with Gasteiger partial charge in [-0.1, -0.05) is 43.3 Å². The van der Waals surface area contributed by atoms with Crippen LogP contribution in [0.1, 0.15) is 30.0 Å². The molecule has 3 heteroatoms. The van der Waals surface area contributed by atoms with E-state index >= 15 is 0 Å². The third-order valence-corrected chi connectivity index (χ3v) is 4.31. The Morgan fingerprint density at radius 1 is 1.10 bits per heavy atom. The van der Waals surface area contributed by atoms with Crippen LogP contribution in [0.5, 0.6) is 5.75 Å². The van der Waals surface area contributed by atoms with Crippen LogP contribution in [0, 0.1) is 6.92 Å². The van der Waals surface area contributed by atoms with E-state index in [0.717, 1.165) is 28.6 Å². The van der Waals surface area contributed by atoms with Gasteiger partial charge in [-0.2, -0.15) is 0 Å². The number of nitrogens with two attached hydrogens (primary N) is 1. The van der Waals surface area contributed by atoms with Crippen molar-refractivity contribution in [1.82, 2.24) is 0 Å². The fourth-order valence-electron chi connectivity index (χ4n) is 2.22. The molecule has 0 radical (unpaired) electrons. The molecule has 0 saturated heterocycles. The second kappa shape index (κ2) is 7.62. The van der Waals surface area contributed by atoms with Gasteiger partial charge in [0.1, 0.15) is 12.4 Å². The average Bonchev–Trinajstić information content (AvgIpc) is 2.48. The summed E-state index contributed by atoms with van der Waals surface area (Å²) in [6.07, 6.45) is 1.79. The lowest BCUT2D eigenvalue weighted by Crippen LogP contribution is -2.21. The number of benzene rings is 2. The van der Waals surface area contributed by atoms with Crippen molar-refractivity contribution in [2.75, 3.05) is 0 Å². The first kappa shape index (κ1) is 16.1. The Kier molecular flexibility index (Phi) is 5.83. The van der Waals surface area contributed by atoms with Crippen molar-refractivity contribution in [2.45, 2.75) is 39.3 Å². The summed E-state index contributed by atoms with van der Waals surface area (Å²) in [4.78, 5) is 0. The molecule has 2 aromatic rings. The lowest BCUT2D eigenvalue weighted by atomic mass is 10.0. The maximum Gasteiger partial charge on any atom is 0.137 e. The molecule has 0 fully saturated rings. The lowest BCUT2D eigenvalue weighted by molar-refractivity contribution is 0.299. The van der Waals surface area contributed by atoms with Gasteiger partial charge in [0.25, 0.3) is 0 Å². The van der Waals surface area contributed by atoms with Gasteiger partial charge < -0.3 is 10.5 Å². The summed E-state index contributed by atoms with van der Waals surface area (Å²) >= 11 is 3.59. The van der Waals surface area contributed by atoms with Gasteiger partial charge in [0.15, 0.2) is 0 Å². The van der Waals surface area contributed by atoms with Gasteiger partial charge in [-0.05, 0) is 58.5 Å². The Balaban J connectivity index is 2.17. The topological polar surface area (TPSA) is 35.2 Å². The Hall–Kier alpha value is -1.32. The molecule has 0 aliphatic rings. The second-order valence-corrected chi connectivity index (χ2v) is 6.17. The second-order valence-electron chi connectivity index (χ2n) is 5.32. The molecule has 2 N–H and O–H groups in total. The molecule has 0 saturated carbocycles. The van der Waals surface area contributed by atoms with E-state index in [9.17, 15) is 0 Å². The van der Waals surface area contributed by atoms with Crippen LogP contribution in [-0.2, 0) is 13.0 Å². The maximum atomic E-state index is 6.08. The first-order chi connectivity index (χ1) is 10.1. The Morgan fingerprint density at radius 3 is 2.52 bits per heavy atom. The minimum Gasteiger partial charge on any atom is -0.487 e. The van der Waals surface area contributed by atoms with Crippen LogP contribution in [0.15, 0.2) is 46.9 Å². The van der Waals surface area contributed by atoms with Crippen molar-refractivity contribution in [2.24, 2.45) is 5.73 Å². The van der Waals surface area contributed by atoms with Crippen LogP contribution in [0.4, 0.5) is 0 Å². The monoisotopic (exact) mass is 347 g/mol. The van der Waals surface area contributed by atoms with E-state index in [1.165, 1.54) is 11.1 Å². The Bertz CT molecular complexity index is 598. The van der Waals surface area contributed by atoms with Gasteiger partial charge in [0.2, 0.25) is 0 Å². The predicted octanol–water partition coefficient (Wildman–Crippen LogP) is 4.62. The van der Waals surface area contributed by atoms with Gasteiger partial charge in [-0.3, -0.25) is 0 Å². The number of para-hydroxylation sites is 1. The SMILES string of the molecule is CCC(N)Cc1cccc(Br)c1OCc1ccccc1C. The summed E-state index contributed by atoms with van der Waals surface area (Å²) in [6.45, 7) is 4.78. The highest BCUT2D eigenvalue weighted by Crippen LogP contribution is 2.31. The molecule has 0 heterocycles. The molecule has 0 aromatic heterocycles. The number of aryl methyl sites for hydroxylation is 1. The molecular formula is C18H22BrNO. The van der Waals surface area contributed by atoms with E-state index in [1.54, 1.807) is 0 Å². The van der Waals surface area contributed by atoms with Crippen molar-refractivity contribution in [3.05, 3.63) is 63.6 Å². The van der Waals surface area contributed by atoms with E-state index in [1.807, 2.05) is 24.3 Å². The molecule has 0 aliphatic carbocycles. The lowest BCUT2D eigenvalue weighted by Gasteiger charge is -2.16. The number of hydrogen-bond donors (Lipinski definition) is 1. The van der Waals surface area contributed by atoms with Crippen molar-refractivity contribution >= 4 is 15.9 Å². The van der Waals surface area contributed by atoms with E-state index < -0.39 is 0 Å². The third kappa shape index (κ3) is 4.32. The van der Waals surface area contributed by atoms with Crippen molar-refractivity contribution in [3.63, 3.8) is 0 Å². The zero-order valence-electron chi connectivity index (χ0n) is 12.6. The van der Waals surface area contributed by atoms with E-state index in [0.29, 0.717) is 6.61 Å². The number of hydrogen-bond acceptors (Lipinski definition) is 2. The minimum absolute atomic E-state index is 0.167. The van der Waals surface area contributed by atoms with Gasteiger partial charge in [0, 0.05) is 6.04 Å². The van der Waals surface area contributed by atoms with Crippen molar-refractivity contribution in [1.29, 1.82) is 0 Å². The molecule has 0 amide bonds. The zero-order valence-corrected chi connectivity index (χ0v) is 14.2. The van der Waals surface area contributed by atoms with Crippen LogP contribution in [0.25, 0.3) is 0 Å². The molecule has 1 atom stereocenters. The van der Waals surface area contributed by atoms with Crippen LogP contribution in [-0.4, -0.2) is 6.04 Å². The van der Waals surface area contributed by atoms with Crippen LogP contribution < -0.4 is 10.5 Å². The zero-order chi connectivity index (χ0) is 15.2. The third-order valence-electron chi connectivity index (χ3n) is 3.69. The first-order valence-corrected chi connectivity index (χ1v) is 8.11. The first-order valence-electron chi connectivity index (χ1n) is 7.32. The summed E-state index contributed by atoms with van der Waals surface area (Å²) in [6, 6.07) is 14.6. The molecule has 112 valence electrons. The Morgan fingerprint density at radius 2 is 1.81 bits per heavy atom. The molecular weight excluding hydrogens is 326 g/mol. The molecule has 0 aliphatic heterocycles. The summed E-state index contributed by atoms with van der Waals surface area (Å²) in [7, 11) is 0. The highest BCUT2D eigenvalue weighted by molar-refractivity contribution is 9.10. The maximum absolute atomic E-state index is 6.08. The fraction of sp³-hybridized carbons (Fsp3) is 0.333. The molecule has 0 spiro atoms. The molecule has 2 aromatic carbocycles. The number of ether oxygens (including phenoxy) is 1. The van der Waals surface area contributed by atoms with Crippen molar-refractivity contribution in [3.8, 4) is 5.75 Å². The highest BCUT2D eigenvalue weighted by Gasteiger charge is 2.11. The minimum atomic E-state index is 0.167. The number of halogens is 1. The Labute approximate surface area is 135 Å². The summed E-state index contributed by atoms with van der Waals surface area (Å²) < 4.78 is 7.06. The van der Waals surface area contributed by atoms with Gasteiger partial charge in [-0.15, -0.1) is 0 Å². The molecule has 1 unspecified atom stereocenters. The van der Waals surface area contributed by atoms with E-state index in [4.69, 9.17) is 10.5 Å². The summed E-state index contributed by atoms with van der Waals surface area (Å²) in [5.74, 6) is 0.907. The molecule has 2 rings (SSSR count). The highest BCUT2D eigenvalue weighted by atomic mass is 79.9. The average molecular weight is 348 g/mol. The largest absolute Gasteiger partial charge is 0.487 e. The quantitative estimate of drug-likeness (QED) is 0.827.